The zero-order valence-electron chi connectivity index (χ0n) is 18.7. The van der Waals surface area contributed by atoms with Gasteiger partial charge in [0.2, 0.25) is 0 Å². The number of aryl methyl sites for hydroxylation is 1. The number of carboxylic acids is 1. The van der Waals surface area contributed by atoms with Crippen LogP contribution in [-0.2, 0) is 6.18 Å². The summed E-state index contributed by atoms with van der Waals surface area (Å²) in [5, 5.41) is 23.4. The van der Waals surface area contributed by atoms with Crippen LogP contribution in [0.5, 0.6) is 0 Å². The highest BCUT2D eigenvalue weighted by Gasteiger charge is 2.34. The van der Waals surface area contributed by atoms with Gasteiger partial charge in [-0.25, -0.2) is 19.7 Å². The molecule has 4 aromatic rings. The molecule has 2 unspecified atom stereocenters. The van der Waals surface area contributed by atoms with E-state index < -0.39 is 23.8 Å². The number of anilines is 2. The second-order valence-electron chi connectivity index (χ2n) is 8.48. The number of alkyl halides is 3. The molecule has 3 heterocycles. The van der Waals surface area contributed by atoms with Crippen molar-refractivity contribution in [2.75, 3.05) is 5.32 Å². The molecule has 1 aromatic carbocycles. The summed E-state index contributed by atoms with van der Waals surface area (Å²) >= 11 is 1.37. The summed E-state index contributed by atoms with van der Waals surface area (Å²) in [5.74, 6) is -0.953. The van der Waals surface area contributed by atoms with Gasteiger partial charge in [0.15, 0.2) is 0 Å². The number of aliphatic hydroxyl groups excluding tert-OH is 1. The fourth-order valence-electron chi connectivity index (χ4n) is 4.26. The Morgan fingerprint density at radius 3 is 2.64 bits per heavy atom. The smallest absolute Gasteiger partial charge is 0.416 e. The van der Waals surface area contributed by atoms with Gasteiger partial charge in [-0.2, -0.15) is 13.2 Å². The van der Waals surface area contributed by atoms with E-state index in [2.05, 4.69) is 20.3 Å². The third-order valence-electron chi connectivity index (χ3n) is 5.91. The average molecular weight is 513 g/mol. The molecular weight excluding hydrogens is 493 g/mol. The predicted molar refractivity (Wildman–Crippen MR) is 127 cm³/mol. The zero-order chi connectivity index (χ0) is 25.6. The third-order valence-corrected chi connectivity index (χ3v) is 7.05. The summed E-state index contributed by atoms with van der Waals surface area (Å²) in [4.78, 5) is 25.2. The molecule has 0 radical (unpaired) electrons. The number of pyridine rings is 2. The normalized spacial score (nSPS) is 17.1. The molecule has 0 amide bonds. The third kappa shape index (κ3) is 4.67. The predicted octanol–water partition coefficient (Wildman–Crippen LogP) is 5.94. The molecule has 1 aliphatic rings. The number of nitrogens with zero attached hydrogens (tertiary/aromatic N) is 3. The first-order valence-electron chi connectivity index (χ1n) is 10.9. The lowest BCUT2D eigenvalue weighted by atomic mass is 9.99. The number of rotatable bonds is 5. The number of fused-ring (bicyclic) bond motifs is 1. The topological polar surface area (TPSA) is 108 Å². The van der Waals surface area contributed by atoms with E-state index in [-0.39, 0.29) is 17.3 Å². The number of hydrogen-bond acceptors (Lipinski definition) is 7. The SMILES string of the molecule is Cc1cc(Nc2cc(C(F)(F)F)ccn2)nc(-c2cnc(C3CC(O)c4ccc(C(=O)O)cc43)s2)c1. The Morgan fingerprint density at radius 2 is 1.89 bits per heavy atom. The summed E-state index contributed by atoms with van der Waals surface area (Å²) in [6.07, 6.45) is -2.07. The fourth-order valence-corrected chi connectivity index (χ4v) is 5.27. The lowest BCUT2D eigenvalue weighted by molar-refractivity contribution is -0.137. The lowest BCUT2D eigenvalue weighted by Gasteiger charge is -2.11. The molecule has 0 saturated heterocycles. The fraction of sp³-hybridized carbons (Fsp3) is 0.200. The molecule has 184 valence electrons. The number of aliphatic hydroxyl groups is 1. The van der Waals surface area contributed by atoms with Crippen LogP contribution in [0.25, 0.3) is 10.6 Å². The molecule has 0 saturated carbocycles. The van der Waals surface area contributed by atoms with E-state index in [0.29, 0.717) is 28.5 Å². The second-order valence-corrected chi connectivity index (χ2v) is 9.55. The minimum absolute atomic E-state index is 0.0182. The van der Waals surface area contributed by atoms with Gasteiger partial charge in [0.05, 0.1) is 27.8 Å². The van der Waals surface area contributed by atoms with Gasteiger partial charge in [0, 0.05) is 18.3 Å². The maximum atomic E-state index is 13.0. The van der Waals surface area contributed by atoms with Gasteiger partial charge in [-0.1, -0.05) is 6.07 Å². The van der Waals surface area contributed by atoms with Gasteiger partial charge in [-0.05, 0) is 66.4 Å². The van der Waals surface area contributed by atoms with Crippen LogP contribution in [0.4, 0.5) is 24.8 Å². The number of halogens is 3. The molecule has 3 N–H and O–H groups in total. The molecule has 36 heavy (non-hydrogen) atoms. The zero-order valence-corrected chi connectivity index (χ0v) is 19.6. The summed E-state index contributed by atoms with van der Waals surface area (Å²) in [6.45, 7) is 1.84. The first kappa shape index (κ1) is 23.9. The molecule has 0 aliphatic heterocycles. The van der Waals surface area contributed by atoms with Crippen LogP contribution in [-0.4, -0.2) is 31.1 Å². The Balaban J connectivity index is 1.44. The van der Waals surface area contributed by atoms with Gasteiger partial charge >= 0.3 is 12.1 Å². The lowest BCUT2D eigenvalue weighted by Crippen LogP contribution is -2.06. The van der Waals surface area contributed by atoms with Gasteiger partial charge in [-0.3, -0.25) is 0 Å². The summed E-state index contributed by atoms with van der Waals surface area (Å²) < 4.78 is 39.1. The van der Waals surface area contributed by atoms with E-state index in [1.165, 1.54) is 17.4 Å². The van der Waals surface area contributed by atoms with Crippen molar-refractivity contribution in [3.8, 4) is 10.6 Å². The molecule has 0 bridgehead atoms. The van der Waals surface area contributed by atoms with Crippen molar-refractivity contribution in [2.24, 2.45) is 0 Å². The molecule has 0 spiro atoms. The first-order valence-corrected chi connectivity index (χ1v) is 11.7. The summed E-state index contributed by atoms with van der Waals surface area (Å²) in [5.41, 5.74) is 2.16. The van der Waals surface area contributed by atoms with Crippen LogP contribution >= 0.6 is 11.3 Å². The second kappa shape index (κ2) is 8.99. The van der Waals surface area contributed by atoms with Crippen molar-refractivity contribution in [1.82, 2.24) is 15.0 Å². The summed E-state index contributed by atoms with van der Waals surface area (Å²) in [7, 11) is 0. The molecule has 0 fully saturated rings. The van der Waals surface area contributed by atoms with Gasteiger partial charge in [0.1, 0.15) is 16.6 Å². The molecule has 1 aliphatic carbocycles. The number of aromatic carboxylic acids is 1. The van der Waals surface area contributed by atoms with Crippen LogP contribution in [0.2, 0.25) is 0 Å². The summed E-state index contributed by atoms with van der Waals surface area (Å²) in [6, 6.07) is 10.0. The van der Waals surface area contributed by atoms with E-state index >= 15 is 0 Å². The van der Waals surface area contributed by atoms with Crippen LogP contribution in [0.3, 0.4) is 0 Å². The highest BCUT2D eigenvalue weighted by molar-refractivity contribution is 7.15. The maximum Gasteiger partial charge on any atom is 0.416 e. The van der Waals surface area contributed by atoms with Crippen LogP contribution < -0.4 is 5.32 Å². The number of carboxylic acid groups (broad SMARTS) is 1. The van der Waals surface area contributed by atoms with E-state index in [1.807, 2.05) is 13.0 Å². The van der Waals surface area contributed by atoms with E-state index in [9.17, 15) is 28.2 Å². The van der Waals surface area contributed by atoms with Crippen LogP contribution in [0.1, 0.15) is 56.1 Å². The van der Waals surface area contributed by atoms with Crippen molar-refractivity contribution in [3.63, 3.8) is 0 Å². The number of carbonyl (C=O) groups is 1. The van der Waals surface area contributed by atoms with Crippen molar-refractivity contribution >= 4 is 28.9 Å². The molecule has 3 aromatic heterocycles. The number of aromatic nitrogens is 3. The van der Waals surface area contributed by atoms with Gasteiger partial charge in [0.25, 0.3) is 0 Å². The number of thiazole rings is 1. The van der Waals surface area contributed by atoms with Gasteiger partial charge < -0.3 is 15.5 Å². The Morgan fingerprint density at radius 1 is 1.08 bits per heavy atom. The Kier molecular flexibility index (Phi) is 5.97. The van der Waals surface area contributed by atoms with E-state index in [0.717, 1.165) is 34.3 Å². The molecular formula is C25H19F3N4O3S. The molecule has 7 nitrogen and oxygen atoms in total. The number of hydrogen-bond donors (Lipinski definition) is 3. The van der Waals surface area contributed by atoms with Crippen molar-refractivity contribution in [1.29, 1.82) is 0 Å². The minimum Gasteiger partial charge on any atom is -0.478 e. The highest BCUT2D eigenvalue weighted by atomic mass is 32.1. The Labute approximate surface area is 207 Å². The number of nitrogens with one attached hydrogen (secondary N) is 1. The van der Waals surface area contributed by atoms with Crippen LogP contribution in [0.15, 0.2) is 54.9 Å². The monoisotopic (exact) mass is 512 g/mol. The quantitative estimate of drug-likeness (QED) is 0.304. The maximum absolute atomic E-state index is 13.0. The van der Waals surface area contributed by atoms with E-state index in [4.69, 9.17) is 0 Å². The standard InChI is InChI=1S/C25H19F3N4O3S/c1-12-6-18(31-22(7-12)32-21-9-14(4-5-29-21)25(26,27)28)20-11-30-23(36-20)17-10-19(33)15-3-2-13(24(34)35)8-16(15)17/h2-9,11,17,19,33H,10H2,1H3,(H,34,35)(H,29,31,32). The minimum atomic E-state index is -4.48. The molecule has 2 atom stereocenters. The van der Waals surface area contributed by atoms with E-state index in [1.54, 1.807) is 24.4 Å². The van der Waals surface area contributed by atoms with Crippen molar-refractivity contribution in [3.05, 3.63) is 87.7 Å². The van der Waals surface area contributed by atoms with Crippen molar-refractivity contribution in [2.45, 2.75) is 31.5 Å². The van der Waals surface area contributed by atoms with Gasteiger partial charge in [-0.15, -0.1) is 11.3 Å². The van der Waals surface area contributed by atoms with Crippen LogP contribution in [0, 0.1) is 6.92 Å². The highest BCUT2D eigenvalue weighted by Crippen LogP contribution is 2.46. The molecule has 11 heteroatoms. The Hall–Kier alpha value is -3.83. The number of benzene rings is 1. The molecule has 5 rings (SSSR count). The van der Waals surface area contributed by atoms with Crippen molar-refractivity contribution < 1.29 is 28.2 Å². The first-order chi connectivity index (χ1) is 17.1. The largest absolute Gasteiger partial charge is 0.478 e. The Bertz CT molecular complexity index is 1470. The average Bonchev–Trinajstić information content (AvgIpc) is 3.43.